The van der Waals surface area contributed by atoms with Gasteiger partial charge >= 0.3 is 10.1 Å². The van der Waals surface area contributed by atoms with E-state index >= 15 is 0 Å². The molecule has 0 aliphatic heterocycles. The first-order valence-corrected chi connectivity index (χ1v) is 9.18. The van der Waals surface area contributed by atoms with E-state index in [0.29, 0.717) is 5.92 Å². The molecule has 2 aromatic carbocycles. The van der Waals surface area contributed by atoms with Crippen LogP contribution in [-0.2, 0) is 25.9 Å². The van der Waals surface area contributed by atoms with Crippen molar-refractivity contribution in [2.75, 3.05) is 0 Å². The van der Waals surface area contributed by atoms with Gasteiger partial charge in [-0.3, -0.25) is 0 Å². The lowest BCUT2D eigenvalue weighted by molar-refractivity contribution is -0.212. The molecule has 5 heteroatoms. The van der Waals surface area contributed by atoms with E-state index in [-0.39, 0.29) is 11.5 Å². The molecule has 0 spiro atoms. The van der Waals surface area contributed by atoms with Crippen molar-refractivity contribution in [3.05, 3.63) is 65.2 Å². The minimum Gasteiger partial charge on any atom is -0.215 e. The number of hydrogen-bond donors (Lipinski definition) is 0. The fourth-order valence-corrected chi connectivity index (χ4v) is 3.70. The SMILES string of the molecule is Cc1ccc(S(=O)(=O)OOCc2ccccc2)c(C2CCC2)c1. The minimum absolute atomic E-state index is 0.0880. The van der Waals surface area contributed by atoms with Crippen LogP contribution >= 0.6 is 0 Å². The molecule has 0 radical (unpaired) electrons. The van der Waals surface area contributed by atoms with Crippen molar-refractivity contribution in [1.82, 2.24) is 0 Å². The van der Waals surface area contributed by atoms with Gasteiger partial charge in [0.25, 0.3) is 0 Å². The molecule has 0 atom stereocenters. The Bertz CT molecular complexity index is 765. The Morgan fingerprint density at radius 2 is 1.83 bits per heavy atom. The molecule has 0 bridgehead atoms. The third-order valence-electron chi connectivity index (χ3n) is 4.19. The molecule has 122 valence electrons. The predicted molar refractivity (Wildman–Crippen MR) is 87.3 cm³/mol. The summed E-state index contributed by atoms with van der Waals surface area (Å²) in [5, 5.41) is 0. The van der Waals surface area contributed by atoms with Crippen LogP contribution in [0.3, 0.4) is 0 Å². The van der Waals surface area contributed by atoms with Crippen LogP contribution < -0.4 is 0 Å². The first-order valence-electron chi connectivity index (χ1n) is 7.77. The summed E-state index contributed by atoms with van der Waals surface area (Å²) in [6, 6.07) is 14.7. The van der Waals surface area contributed by atoms with Gasteiger partial charge in [-0.05, 0) is 42.9 Å². The third kappa shape index (κ3) is 3.80. The molecule has 0 unspecified atom stereocenters. The second-order valence-corrected chi connectivity index (χ2v) is 7.42. The second kappa shape index (κ2) is 6.83. The van der Waals surface area contributed by atoms with E-state index in [1.807, 2.05) is 43.3 Å². The summed E-state index contributed by atoms with van der Waals surface area (Å²) in [5.74, 6) is 0.303. The Balaban J connectivity index is 1.74. The Morgan fingerprint density at radius 3 is 2.48 bits per heavy atom. The van der Waals surface area contributed by atoms with Gasteiger partial charge in [0.2, 0.25) is 0 Å². The van der Waals surface area contributed by atoms with E-state index in [0.717, 1.165) is 36.0 Å². The number of benzene rings is 2. The smallest absolute Gasteiger partial charge is 0.215 e. The van der Waals surface area contributed by atoms with Crippen molar-refractivity contribution in [3.8, 4) is 0 Å². The van der Waals surface area contributed by atoms with Crippen LogP contribution in [0, 0.1) is 6.92 Å². The van der Waals surface area contributed by atoms with Crippen LogP contribution in [0.25, 0.3) is 0 Å². The topological polar surface area (TPSA) is 52.6 Å². The fraction of sp³-hybridized carbons (Fsp3) is 0.333. The summed E-state index contributed by atoms with van der Waals surface area (Å²) in [7, 11) is -3.92. The molecular weight excluding hydrogens is 312 g/mol. The maximum Gasteiger partial charge on any atom is 0.323 e. The molecule has 1 saturated carbocycles. The van der Waals surface area contributed by atoms with Crippen LogP contribution in [0.2, 0.25) is 0 Å². The summed E-state index contributed by atoms with van der Waals surface area (Å²) >= 11 is 0. The molecule has 0 amide bonds. The first kappa shape index (κ1) is 16.2. The van der Waals surface area contributed by atoms with Crippen molar-refractivity contribution < 1.29 is 17.6 Å². The molecule has 0 saturated heterocycles. The normalized spacial score (nSPS) is 15.3. The lowest BCUT2D eigenvalue weighted by atomic mass is 9.80. The maximum atomic E-state index is 12.5. The first-order chi connectivity index (χ1) is 11.1. The van der Waals surface area contributed by atoms with Gasteiger partial charge in [-0.1, -0.05) is 54.4 Å². The Kier molecular flexibility index (Phi) is 4.80. The van der Waals surface area contributed by atoms with Crippen LogP contribution in [-0.4, -0.2) is 8.42 Å². The highest BCUT2D eigenvalue weighted by molar-refractivity contribution is 7.86. The van der Waals surface area contributed by atoms with E-state index in [1.165, 1.54) is 0 Å². The zero-order valence-electron chi connectivity index (χ0n) is 13.1. The fourth-order valence-electron chi connectivity index (χ4n) is 2.70. The van der Waals surface area contributed by atoms with E-state index in [1.54, 1.807) is 12.1 Å². The zero-order valence-corrected chi connectivity index (χ0v) is 13.9. The quantitative estimate of drug-likeness (QED) is 0.590. The van der Waals surface area contributed by atoms with E-state index in [9.17, 15) is 8.42 Å². The Morgan fingerprint density at radius 1 is 1.09 bits per heavy atom. The lowest BCUT2D eigenvalue weighted by Crippen LogP contribution is -2.16. The van der Waals surface area contributed by atoms with Gasteiger partial charge in [0.15, 0.2) is 0 Å². The molecule has 2 aromatic rings. The van der Waals surface area contributed by atoms with E-state index in [4.69, 9.17) is 9.22 Å². The average Bonchev–Trinajstić information content (AvgIpc) is 2.46. The standard InChI is InChI=1S/C18H20O4S/c1-14-10-11-18(17(12-14)16-8-5-9-16)23(19,20)22-21-13-15-6-3-2-4-7-15/h2-4,6-7,10-12,16H,5,8-9,13H2,1H3. The molecule has 0 heterocycles. The molecule has 4 nitrogen and oxygen atoms in total. The van der Waals surface area contributed by atoms with Crippen molar-refractivity contribution in [1.29, 1.82) is 0 Å². The highest BCUT2D eigenvalue weighted by Gasteiger charge is 2.28. The summed E-state index contributed by atoms with van der Waals surface area (Å²) in [4.78, 5) is 5.19. The van der Waals surface area contributed by atoms with Crippen LogP contribution in [0.5, 0.6) is 0 Å². The van der Waals surface area contributed by atoms with Crippen molar-refractivity contribution >= 4 is 10.1 Å². The van der Waals surface area contributed by atoms with Gasteiger partial charge in [-0.2, -0.15) is 8.42 Å². The lowest BCUT2D eigenvalue weighted by Gasteiger charge is -2.27. The molecular formula is C18H20O4S. The van der Waals surface area contributed by atoms with E-state index < -0.39 is 10.1 Å². The summed E-state index contributed by atoms with van der Waals surface area (Å²) in [5.41, 5.74) is 2.75. The molecule has 0 N–H and O–H groups in total. The Hall–Kier alpha value is -1.69. The van der Waals surface area contributed by atoms with Gasteiger partial charge in [0, 0.05) is 0 Å². The highest BCUT2D eigenvalue weighted by Crippen LogP contribution is 2.40. The highest BCUT2D eigenvalue weighted by atomic mass is 32.2. The van der Waals surface area contributed by atoms with Gasteiger partial charge in [-0.15, -0.1) is 4.33 Å². The van der Waals surface area contributed by atoms with Gasteiger partial charge < -0.3 is 0 Å². The molecule has 1 aliphatic carbocycles. The summed E-state index contributed by atoms with van der Waals surface area (Å²) in [6.45, 7) is 2.05. The molecule has 23 heavy (non-hydrogen) atoms. The summed E-state index contributed by atoms with van der Waals surface area (Å²) < 4.78 is 29.7. The van der Waals surface area contributed by atoms with Gasteiger partial charge in [0.05, 0.1) is 4.90 Å². The van der Waals surface area contributed by atoms with Gasteiger partial charge in [0.1, 0.15) is 6.61 Å². The molecule has 3 rings (SSSR count). The Labute approximate surface area is 137 Å². The minimum atomic E-state index is -3.92. The number of rotatable bonds is 6. The second-order valence-electron chi connectivity index (χ2n) is 5.94. The molecule has 0 aromatic heterocycles. The van der Waals surface area contributed by atoms with Crippen molar-refractivity contribution in [2.24, 2.45) is 0 Å². The van der Waals surface area contributed by atoms with Gasteiger partial charge in [-0.25, -0.2) is 4.89 Å². The summed E-state index contributed by atoms with van der Waals surface area (Å²) in [6.07, 6.45) is 3.19. The third-order valence-corrected chi connectivity index (χ3v) is 5.37. The van der Waals surface area contributed by atoms with Crippen LogP contribution in [0.4, 0.5) is 0 Å². The number of aryl methyl sites for hydroxylation is 1. The average molecular weight is 332 g/mol. The number of hydrogen-bond acceptors (Lipinski definition) is 4. The van der Waals surface area contributed by atoms with Crippen molar-refractivity contribution in [2.45, 2.75) is 43.6 Å². The van der Waals surface area contributed by atoms with E-state index in [2.05, 4.69) is 0 Å². The van der Waals surface area contributed by atoms with Crippen molar-refractivity contribution in [3.63, 3.8) is 0 Å². The zero-order chi connectivity index (χ0) is 16.3. The largest absolute Gasteiger partial charge is 0.323 e. The monoisotopic (exact) mass is 332 g/mol. The molecule has 1 aliphatic rings. The molecule has 1 fully saturated rings. The van der Waals surface area contributed by atoms with Crippen LogP contribution in [0.1, 0.15) is 41.9 Å². The van der Waals surface area contributed by atoms with Crippen LogP contribution in [0.15, 0.2) is 53.4 Å². The predicted octanol–water partition coefficient (Wildman–Crippen LogP) is 4.10. The maximum absolute atomic E-state index is 12.5.